The molecular weight excluding hydrogens is 466 g/mol. The lowest BCUT2D eigenvalue weighted by Gasteiger charge is -2.33. The summed E-state index contributed by atoms with van der Waals surface area (Å²) in [5.74, 6) is 0.451. The highest BCUT2D eigenvalue weighted by atomic mass is 32.2. The van der Waals surface area contributed by atoms with Gasteiger partial charge in [-0.3, -0.25) is 9.59 Å². The Morgan fingerprint density at radius 1 is 1.14 bits per heavy atom. The number of benzene rings is 1. The van der Waals surface area contributed by atoms with E-state index in [0.717, 1.165) is 48.1 Å². The van der Waals surface area contributed by atoms with Gasteiger partial charge in [-0.05, 0) is 17.8 Å². The van der Waals surface area contributed by atoms with Crippen molar-refractivity contribution in [2.75, 3.05) is 55.8 Å². The number of anilines is 2. The van der Waals surface area contributed by atoms with Crippen molar-refractivity contribution in [3.05, 3.63) is 54.0 Å². The Balaban J connectivity index is 1.26. The molecule has 0 saturated carbocycles. The van der Waals surface area contributed by atoms with Crippen LogP contribution in [-0.2, 0) is 11.3 Å². The number of fused-ring (bicyclic) bond motifs is 1. The monoisotopic (exact) mass is 493 g/mol. The minimum atomic E-state index is -0.724. The van der Waals surface area contributed by atoms with Crippen LogP contribution in [0, 0.1) is 0 Å². The third-order valence-corrected chi connectivity index (χ3v) is 7.31. The summed E-state index contributed by atoms with van der Waals surface area (Å²) >= 11 is 1.50. The molecule has 2 aliphatic rings. The molecule has 0 unspecified atom stereocenters. The number of carbonyl (C=O) groups is 2. The number of nitrogens with zero attached hydrogens (tertiary/aromatic N) is 8. The fourth-order valence-electron chi connectivity index (χ4n) is 4.07. The van der Waals surface area contributed by atoms with E-state index in [0.29, 0.717) is 12.3 Å². The molecule has 0 bridgehead atoms. The molecule has 1 aromatic carbocycles. The number of hydrogen-bond acceptors (Lipinski definition) is 9. The van der Waals surface area contributed by atoms with E-state index in [4.69, 9.17) is 0 Å². The summed E-state index contributed by atoms with van der Waals surface area (Å²) in [4.78, 5) is 39.1. The molecule has 182 valence electrons. The highest BCUT2D eigenvalue weighted by Crippen LogP contribution is 2.35. The lowest BCUT2D eigenvalue weighted by molar-refractivity contribution is -0.119. The van der Waals surface area contributed by atoms with Gasteiger partial charge in [-0.1, -0.05) is 30.3 Å². The Morgan fingerprint density at radius 2 is 1.91 bits per heavy atom. The van der Waals surface area contributed by atoms with Crippen molar-refractivity contribution < 1.29 is 9.59 Å². The molecule has 0 aliphatic carbocycles. The minimum Gasteiger partial charge on any atom is -0.354 e. The first-order chi connectivity index (χ1) is 17.0. The van der Waals surface area contributed by atoms with Crippen LogP contribution in [0.15, 0.2) is 47.5 Å². The molecule has 11 nitrogen and oxygen atoms in total. The van der Waals surface area contributed by atoms with Gasteiger partial charge in [0, 0.05) is 56.1 Å². The fourth-order valence-corrected chi connectivity index (χ4v) is 5.12. The molecular formula is C23H27N9O2S. The van der Waals surface area contributed by atoms with Gasteiger partial charge in [0.25, 0.3) is 11.7 Å². The van der Waals surface area contributed by atoms with Crippen LogP contribution < -0.4 is 15.1 Å². The Kier molecular flexibility index (Phi) is 6.64. The SMILES string of the molecule is CN1CCN(c2cc3c(cn2)SC[C@H](NC(=O)c2nnn(Cc4ccccc4)n2)C(=O)N3C)CC1. The number of hydrogen-bond donors (Lipinski definition) is 1. The number of likely N-dealkylation sites (N-methyl/N-ethyl adjacent to an activating group) is 2. The smallest absolute Gasteiger partial charge is 0.293 e. The molecule has 5 rings (SSSR count). The van der Waals surface area contributed by atoms with Gasteiger partial charge in [-0.25, -0.2) is 4.98 Å². The normalized spacial score (nSPS) is 18.8. The summed E-state index contributed by atoms with van der Waals surface area (Å²) in [6, 6.07) is 10.9. The first kappa shape index (κ1) is 23.2. The van der Waals surface area contributed by atoms with E-state index in [1.165, 1.54) is 16.6 Å². The number of carbonyl (C=O) groups excluding carboxylic acids is 2. The van der Waals surface area contributed by atoms with Crippen LogP contribution in [0.5, 0.6) is 0 Å². The number of rotatable bonds is 5. The second-order valence-electron chi connectivity index (χ2n) is 8.66. The van der Waals surface area contributed by atoms with Crippen molar-refractivity contribution in [1.29, 1.82) is 0 Å². The van der Waals surface area contributed by atoms with Crippen molar-refractivity contribution in [3.8, 4) is 0 Å². The summed E-state index contributed by atoms with van der Waals surface area (Å²) in [6.07, 6.45) is 1.82. The van der Waals surface area contributed by atoms with Crippen LogP contribution in [0.1, 0.15) is 16.2 Å². The Labute approximate surface area is 207 Å². The van der Waals surface area contributed by atoms with Gasteiger partial charge in [0.2, 0.25) is 5.91 Å². The highest BCUT2D eigenvalue weighted by Gasteiger charge is 2.32. The van der Waals surface area contributed by atoms with E-state index in [-0.39, 0.29) is 11.7 Å². The van der Waals surface area contributed by atoms with Crippen molar-refractivity contribution in [2.24, 2.45) is 0 Å². The van der Waals surface area contributed by atoms with Gasteiger partial charge in [0.1, 0.15) is 11.9 Å². The second kappa shape index (κ2) is 10.0. The summed E-state index contributed by atoms with van der Waals surface area (Å²) in [5.41, 5.74) is 1.80. The summed E-state index contributed by atoms with van der Waals surface area (Å²) in [6.45, 7) is 4.13. The topological polar surface area (TPSA) is 112 Å². The number of aromatic nitrogens is 5. The Morgan fingerprint density at radius 3 is 2.69 bits per heavy atom. The molecule has 1 atom stereocenters. The zero-order chi connectivity index (χ0) is 24.4. The van der Waals surface area contributed by atoms with Crippen molar-refractivity contribution in [1.82, 2.24) is 35.4 Å². The maximum Gasteiger partial charge on any atom is 0.293 e. The lowest BCUT2D eigenvalue weighted by atomic mass is 10.2. The maximum absolute atomic E-state index is 13.2. The quantitative estimate of drug-likeness (QED) is 0.550. The largest absolute Gasteiger partial charge is 0.354 e. The molecule has 3 aromatic rings. The number of pyridine rings is 1. The van der Waals surface area contributed by atoms with E-state index in [1.807, 2.05) is 42.6 Å². The first-order valence-corrected chi connectivity index (χ1v) is 12.4. The van der Waals surface area contributed by atoms with Crippen LogP contribution in [0.2, 0.25) is 0 Å². The summed E-state index contributed by atoms with van der Waals surface area (Å²) < 4.78 is 0. The van der Waals surface area contributed by atoms with Crippen LogP contribution in [0.25, 0.3) is 0 Å². The highest BCUT2D eigenvalue weighted by molar-refractivity contribution is 7.99. The predicted octanol–water partition coefficient (Wildman–Crippen LogP) is 0.735. The van der Waals surface area contributed by atoms with E-state index < -0.39 is 11.9 Å². The Hall–Kier alpha value is -3.51. The van der Waals surface area contributed by atoms with Gasteiger partial charge in [-0.2, -0.15) is 4.80 Å². The van der Waals surface area contributed by atoms with E-state index in [1.54, 1.807) is 11.9 Å². The molecule has 0 radical (unpaired) electrons. The van der Waals surface area contributed by atoms with Crippen LogP contribution in [0.4, 0.5) is 11.5 Å². The zero-order valence-corrected chi connectivity index (χ0v) is 20.5. The number of piperazine rings is 1. The molecule has 1 fully saturated rings. The number of nitrogens with one attached hydrogen (secondary N) is 1. The molecule has 2 amide bonds. The minimum absolute atomic E-state index is 0.0674. The van der Waals surface area contributed by atoms with Gasteiger partial charge < -0.3 is 20.0 Å². The van der Waals surface area contributed by atoms with Crippen LogP contribution >= 0.6 is 11.8 Å². The van der Waals surface area contributed by atoms with Crippen LogP contribution in [0.3, 0.4) is 0 Å². The van der Waals surface area contributed by atoms with Gasteiger partial charge >= 0.3 is 0 Å². The average molecular weight is 494 g/mol. The number of thioether (sulfide) groups is 1. The molecule has 4 heterocycles. The molecule has 2 aromatic heterocycles. The zero-order valence-electron chi connectivity index (χ0n) is 19.7. The Bertz CT molecular complexity index is 1210. The molecule has 0 spiro atoms. The third-order valence-electron chi connectivity index (χ3n) is 6.18. The number of tetrazole rings is 1. The molecule has 1 N–H and O–H groups in total. The standard InChI is InChI=1S/C23H27N9O2S/c1-29-8-10-31(11-9-29)20-12-18-19(13-24-20)35-15-17(23(34)30(18)2)25-22(33)21-26-28-32(27-21)14-16-6-4-3-5-7-16/h3-7,12-13,17H,8-11,14-15H2,1-2H3,(H,25,33)/t17-/m0/s1. The first-order valence-electron chi connectivity index (χ1n) is 11.4. The lowest BCUT2D eigenvalue weighted by Crippen LogP contribution is -2.48. The molecule has 1 saturated heterocycles. The average Bonchev–Trinajstić information content (AvgIpc) is 3.31. The van der Waals surface area contributed by atoms with Gasteiger partial charge in [-0.15, -0.1) is 22.0 Å². The number of amides is 2. The molecule has 12 heteroatoms. The summed E-state index contributed by atoms with van der Waals surface area (Å²) in [7, 11) is 3.84. The van der Waals surface area contributed by atoms with Gasteiger partial charge in [0.15, 0.2) is 0 Å². The predicted molar refractivity (Wildman–Crippen MR) is 133 cm³/mol. The van der Waals surface area contributed by atoms with Crippen molar-refractivity contribution in [2.45, 2.75) is 17.5 Å². The van der Waals surface area contributed by atoms with E-state index in [9.17, 15) is 9.59 Å². The summed E-state index contributed by atoms with van der Waals surface area (Å²) in [5, 5.41) is 14.8. The third kappa shape index (κ3) is 5.13. The van der Waals surface area contributed by atoms with E-state index in [2.05, 4.69) is 42.6 Å². The van der Waals surface area contributed by atoms with Crippen LogP contribution in [-0.4, -0.2) is 94.0 Å². The van der Waals surface area contributed by atoms with Gasteiger partial charge in [0.05, 0.1) is 12.2 Å². The molecule has 35 heavy (non-hydrogen) atoms. The van der Waals surface area contributed by atoms with E-state index >= 15 is 0 Å². The molecule has 2 aliphatic heterocycles. The second-order valence-corrected chi connectivity index (χ2v) is 9.73. The van der Waals surface area contributed by atoms with Crippen molar-refractivity contribution >= 4 is 35.1 Å². The van der Waals surface area contributed by atoms with Crippen molar-refractivity contribution in [3.63, 3.8) is 0 Å². The maximum atomic E-state index is 13.2. The fraction of sp³-hybridized carbons (Fsp3) is 0.391.